The normalized spacial score (nSPS) is 10.6. The fourth-order valence-electron chi connectivity index (χ4n) is 1.04. The van der Waals surface area contributed by atoms with Crippen LogP contribution in [0.5, 0.6) is 0 Å². The van der Waals surface area contributed by atoms with E-state index in [-0.39, 0.29) is 5.78 Å². The molecule has 0 unspecified atom stereocenters. The first kappa shape index (κ1) is 8.37. The summed E-state index contributed by atoms with van der Waals surface area (Å²) in [7, 11) is 0. The lowest BCUT2D eigenvalue weighted by Crippen LogP contribution is -1.89. The first-order valence-corrected chi connectivity index (χ1v) is 4.47. The van der Waals surface area contributed by atoms with Crippen LogP contribution >= 0.6 is 15.9 Å². The third-order valence-corrected chi connectivity index (χ3v) is 2.08. The number of fused-ring (bicyclic) bond motifs is 1. The van der Waals surface area contributed by atoms with Crippen LogP contribution in [-0.2, 0) is 0 Å². The number of hydrogen-bond donors (Lipinski definition) is 0. The van der Waals surface area contributed by atoms with E-state index in [4.69, 9.17) is 0 Å². The molecule has 0 aromatic carbocycles. The van der Waals surface area contributed by atoms with Gasteiger partial charge in [-0.2, -0.15) is 0 Å². The second-order valence-corrected chi connectivity index (χ2v) is 3.47. The fraction of sp³-hybridized carbons (Fsp3) is 0.125. The number of halogens is 1. The zero-order chi connectivity index (χ0) is 9.42. The van der Waals surface area contributed by atoms with Gasteiger partial charge in [-0.3, -0.25) is 4.79 Å². The van der Waals surface area contributed by atoms with Crippen LogP contribution in [0.1, 0.15) is 17.4 Å². The van der Waals surface area contributed by atoms with Crippen molar-refractivity contribution in [3.8, 4) is 0 Å². The minimum atomic E-state index is -0.0418. The quantitative estimate of drug-likeness (QED) is 0.712. The summed E-state index contributed by atoms with van der Waals surface area (Å²) in [6.45, 7) is 1.49. The molecule has 0 N–H and O–H groups in total. The van der Waals surface area contributed by atoms with E-state index in [0.717, 1.165) is 0 Å². The molecule has 2 aromatic heterocycles. The first-order valence-electron chi connectivity index (χ1n) is 3.68. The molecule has 2 aromatic rings. The summed E-state index contributed by atoms with van der Waals surface area (Å²) in [5, 5.41) is 0. The predicted octanol–water partition coefficient (Wildman–Crippen LogP) is 1.69. The van der Waals surface area contributed by atoms with E-state index < -0.39 is 0 Å². The summed E-state index contributed by atoms with van der Waals surface area (Å²) in [6, 6.07) is 0. The van der Waals surface area contributed by atoms with Crippen LogP contribution < -0.4 is 0 Å². The number of hydrogen-bond acceptors (Lipinski definition) is 3. The molecule has 0 aliphatic heterocycles. The van der Waals surface area contributed by atoms with E-state index in [1.54, 1.807) is 23.0 Å². The summed E-state index contributed by atoms with van der Waals surface area (Å²) in [5.74, 6) is -0.0418. The molecule has 5 heteroatoms. The first-order chi connectivity index (χ1) is 6.16. The molecule has 0 amide bonds. The summed E-state index contributed by atoms with van der Waals surface area (Å²) < 4.78 is 2.47. The number of imidazole rings is 1. The van der Waals surface area contributed by atoms with E-state index in [2.05, 4.69) is 25.9 Å². The van der Waals surface area contributed by atoms with E-state index in [0.29, 0.717) is 15.9 Å². The Morgan fingerprint density at radius 3 is 3.00 bits per heavy atom. The highest BCUT2D eigenvalue weighted by atomic mass is 79.9. The van der Waals surface area contributed by atoms with Crippen LogP contribution in [0.4, 0.5) is 0 Å². The van der Waals surface area contributed by atoms with E-state index in [1.807, 2.05) is 0 Å². The van der Waals surface area contributed by atoms with E-state index in [1.165, 1.54) is 6.92 Å². The third kappa shape index (κ3) is 1.47. The average molecular weight is 240 g/mol. The Morgan fingerprint density at radius 1 is 1.54 bits per heavy atom. The number of carbonyl (C=O) groups excluding carboxylic acids is 1. The zero-order valence-electron chi connectivity index (χ0n) is 6.86. The maximum atomic E-state index is 11.0. The monoisotopic (exact) mass is 239 g/mol. The van der Waals surface area contributed by atoms with Crippen molar-refractivity contribution in [3.63, 3.8) is 0 Å². The second-order valence-electron chi connectivity index (χ2n) is 2.66. The van der Waals surface area contributed by atoms with Crippen LogP contribution in [0.3, 0.4) is 0 Å². The van der Waals surface area contributed by atoms with Gasteiger partial charge in [-0.1, -0.05) is 0 Å². The van der Waals surface area contributed by atoms with Crippen molar-refractivity contribution in [2.75, 3.05) is 0 Å². The molecule has 0 atom stereocenters. The van der Waals surface area contributed by atoms with Crippen molar-refractivity contribution in [1.29, 1.82) is 0 Å². The Kier molecular flexibility index (Phi) is 1.88. The Hall–Kier alpha value is -1.23. The smallest absolute Gasteiger partial charge is 0.179 e. The maximum absolute atomic E-state index is 11.0. The van der Waals surface area contributed by atoms with Crippen molar-refractivity contribution >= 4 is 27.4 Å². The molecule has 4 nitrogen and oxygen atoms in total. The van der Waals surface area contributed by atoms with Gasteiger partial charge in [-0.05, 0) is 15.9 Å². The molecule has 0 aliphatic carbocycles. The maximum Gasteiger partial charge on any atom is 0.179 e. The van der Waals surface area contributed by atoms with Gasteiger partial charge in [0.2, 0.25) is 0 Å². The van der Waals surface area contributed by atoms with Crippen LogP contribution in [0.15, 0.2) is 23.2 Å². The number of rotatable bonds is 1. The van der Waals surface area contributed by atoms with Crippen molar-refractivity contribution < 1.29 is 4.79 Å². The van der Waals surface area contributed by atoms with Crippen LogP contribution in [0, 0.1) is 0 Å². The number of ketones is 1. The standard InChI is InChI=1S/C8H6BrN3O/c1-5(13)6-3-12-4-7(9)10-2-8(12)11-6/h2-4H,1H3. The Morgan fingerprint density at radius 2 is 2.31 bits per heavy atom. The second kappa shape index (κ2) is 2.92. The lowest BCUT2D eigenvalue weighted by molar-refractivity contribution is 0.101. The molecule has 0 saturated heterocycles. The molecule has 13 heavy (non-hydrogen) atoms. The molecule has 66 valence electrons. The molecule has 0 spiro atoms. The molecule has 2 rings (SSSR count). The summed E-state index contributed by atoms with van der Waals surface area (Å²) >= 11 is 3.23. The molecule has 0 saturated carbocycles. The highest BCUT2D eigenvalue weighted by Crippen LogP contribution is 2.09. The van der Waals surface area contributed by atoms with Gasteiger partial charge in [0.15, 0.2) is 11.4 Å². The van der Waals surface area contributed by atoms with E-state index in [9.17, 15) is 4.79 Å². The van der Waals surface area contributed by atoms with Gasteiger partial charge in [-0.15, -0.1) is 0 Å². The van der Waals surface area contributed by atoms with E-state index >= 15 is 0 Å². The van der Waals surface area contributed by atoms with Crippen LogP contribution in [-0.4, -0.2) is 20.2 Å². The fourth-order valence-corrected chi connectivity index (χ4v) is 1.37. The summed E-state index contributed by atoms with van der Waals surface area (Å²) in [6.07, 6.45) is 5.05. The minimum Gasteiger partial charge on any atom is -0.302 e. The van der Waals surface area contributed by atoms with Crippen molar-refractivity contribution in [2.45, 2.75) is 6.92 Å². The molecule has 2 heterocycles. The number of carbonyl (C=O) groups is 1. The Labute approximate surface area is 82.7 Å². The number of aromatic nitrogens is 3. The highest BCUT2D eigenvalue weighted by Gasteiger charge is 2.05. The SMILES string of the molecule is CC(=O)c1cn2cc(Br)ncc2n1. The molecule has 0 radical (unpaired) electrons. The van der Waals surface area contributed by atoms with Gasteiger partial charge in [0.1, 0.15) is 10.3 Å². The van der Waals surface area contributed by atoms with Gasteiger partial charge in [0, 0.05) is 19.3 Å². The van der Waals surface area contributed by atoms with Crippen molar-refractivity contribution in [1.82, 2.24) is 14.4 Å². The average Bonchev–Trinajstić information content (AvgIpc) is 2.46. The van der Waals surface area contributed by atoms with Crippen molar-refractivity contribution in [3.05, 3.63) is 28.9 Å². The van der Waals surface area contributed by atoms with Gasteiger partial charge < -0.3 is 4.40 Å². The van der Waals surface area contributed by atoms with Gasteiger partial charge in [-0.25, -0.2) is 9.97 Å². The van der Waals surface area contributed by atoms with Gasteiger partial charge >= 0.3 is 0 Å². The molecular formula is C8H6BrN3O. The lowest BCUT2D eigenvalue weighted by Gasteiger charge is -1.90. The molecule has 0 aliphatic rings. The topological polar surface area (TPSA) is 47.3 Å². The summed E-state index contributed by atoms with van der Waals surface area (Å²) in [5.41, 5.74) is 1.13. The molecule has 0 bridgehead atoms. The summed E-state index contributed by atoms with van der Waals surface area (Å²) in [4.78, 5) is 19.1. The zero-order valence-corrected chi connectivity index (χ0v) is 8.45. The Bertz CT molecular complexity index is 477. The highest BCUT2D eigenvalue weighted by molar-refractivity contribution is 9.10. The van der Waals surface area contributed by atoms with Gasteiger partial charge in [0.25, 0.3) is 0 Å². The lowest BCUT2D eigenvalue weighted by atomic mass is 10.3. The Balaban J connectivity index is 2.68. The molecular weight excluding hydrogens is 234 g/mol. The molecule has 0 fully saturated rings. The minimum absolute atomic E-state index is 0.0418. The van der Waals surface area contributed by atoms with Crippen molar-refractivity contribution in [2.24, 2.45) is 0 Å². The van der Waals surface area contributed by atoms with Gasteiger partial charge in [0.05, 0.1) is 6.20 Å². The number of Topliss-reactive ketones (excluding diaryl/α,β-unsaturated/α-hetero) is 1. The van der Waals surface area contributed by atoms with Crippen LogP contribution in [0.25, 0.3) is 5.65 Å². The third-order valence-electron chi connectivity index (χ3n) is 1.67. The largest absolute Gasteiger partial charge is 0.302 e. The van der Waals surface area contributed by atoms with Crippen LogP contribution in [0.2, 0.25) is 0 Å². The number of nitrogens with zero attached hydrogens (tertiary/aromatic N) is 3. The predicted molar refractivity (Wildman–Crippen MR) is 50.7 cm³/mol.